The fourth-order valence-corrected chi connectivity index (χ4v) is 4.59. The van der Waals surface area contributed by atoms with E-state index in [0.29, 0.717) is 32.0 Å². The molecule has 3 rings (SSSR count). The highest BCUT2D eigenvalue weighted by Gasteiger charge is 2.33. The number of amides is 3. The van der Waals surface area contributed by atoms with Crippen LogP contribution in [0.5, 0.6) is 5.75 Å². The summed E-state index contributed by atoms with van der Waals surface area (Å²) in [4.78, 5) is 30.3. The summed E-state index contributed by atoms with van der Waals surface area (Å²) in [5.74, 6) is -0.111. The molecule has 0 bridgehead atoms. The number of halogens is 1. The van der Waals surface area contributed by atoms with E-state index in [9.17, 15) is 14.0 Å². The van der Waals surface area contributed by atoms with Crippen LogP contribution >= 0.6 is 11.3 Å². The molecule has 1 aromatic heterocycles. The number of carbonyl (C=O) groups is 2. The molecule has 0 fully saturated rings. The Morgan fingerprint density at radius 1 is 1.34 bits per heavy atom. The van der Waals surface area contributed by atoms with Gasteiger partial charge in [0.1, 0.15) is 24.7 Å². The zero-order valence-corrected chi connectivity index (χ0v) is 19.3. The number of ether oxygens (including phenoxy) is 2. The largest absolute Gasteiger partial charge is 0.491 e. The SMILES string of the molecule is CCCNC(=O)N(CCOC)CC(=O)N1CCc2sccc2[C@@H]1COc1cccc(F)c1. The minimum absolute atomic E-state index is 0.0468. The maximum atomic E-state index is 13.5. The number of nitrogens with zero attached hydrogens (tertiary/aromatic N) is 2. The number of nitrogens with one attached hydrogen (secondary N) is 1. The first-order valence-corrected chi connectivity index (χ1v) is 11.7. The van der Waals surface area contributed by atoms with Crippen molar-refractivity contribution in [1.29, 1.82) is 0 Å². The van der Waals surface area contributed by atoms with Crippen molar-refractivity contribution < 1.29 is 23.5 Å². The first kappa shape index (κ1) is 24.0. The number of fused-ring (bicyclic) bond motifs is 1. The number of benzene rings is 1. The van der Waals surface area contributed by atoms with Crippen molar-refractivity contribution in [2.24, 2.45) is 0 Å². The van der Waals surface area contributed by atoms with E-state index in [1.807, 2.05) is 18.4 Å². The van der Waals surface area contributed by atoms with Gasteiger partial charge in [0.05, 0.1) is 12.6 Å². The van der Waals surface area contributed by atoms with Crippen molar-refractivity contribution in [3.05, 3.63) is 52.0 Å². The number of hydrogen-bond acceptors (Lipinski definition) is 5. The van der Waals surface area contributed by atoms with Crippen molar-refractivity contribution in [1.82, 2.24) is 15.1 Å². The number of hydrogen-bond donors (Lipinski definition) is 1. The van der Waals surface area contributed by atoms with Crippen LogP contribution < -0.4 is 10.1 Å². The van der Waals surface area contributed by atoms with Crippen LogP contribution in [0.2, 0.25) is 0 Å². The van der Waals surface area contributed by atoms with Crippen LogP contribution in [0.4, 0.5) is 9.18 Å². The lowest BCUT2D eigenvalue weighted by Crippen LogP contribution is -2.50. The van der Waals surface area contributed by atoms with Crippen LogP contribution in [0.3, 0.4) is 0 Å². The highest BCUT2D eigenvalue weighted by molar-refractivity contribution is 7.10. The quantitative estimate of drug-likeness (QED) is 0.586. The number of methoxy groups -OCH3 is 1. The van der Waals surface area contributed by atoms with Gasteiger partial charge in [-0.15, -0.1) is 11.3 Å². The van der Waals surface area contributed by atoms with E-state index in [4.69, 9.17) is 9.47 Å². The van der Waals surface area contributed by atoms with Gasteiger partial charge < -0.3 is 24.6 Å². The molecule has 2 heterocycles. The average molecular weight is 464 g/mol. The monoisotopic (exact) mass is 463 g/mol. The first-order valence-electron chi connectivity index (χ1n) is 10.8. The van der Waals surface area contributed by atoms with E-state index in [0.717, 1.165) is 18.4 Å². The van der Waals surface area contributed by atoms with Crippen molar-refractivity contribution in [3.8, 4) is 5.75 Å². The van der Waals surface area contributed by atoms with Crippen LogP contribution in [0.1, 0.15) is 29.8 Å². The highest BCUT2D eigenvalue weighted by Crippen LogP contribution is 2.34. The van der Waals surface area contributed by atoms with Gasteiger partial charge in [-0.05, 0) is 42.0 Å². The molecule has 1 aliphatic heterocycles. The summed E-state index contributed by atoms with van der Waals surface area (Å²) in [6.45, 7) is 3.88. The lowest BCUT2D eigenvalue weighted by Gasteiger charge is -2.37. The Labute approximate surface area is 192 Å². The van der Waals surface area contributed by atoms with Crippen LogP contribution in [-0.4, -0.2) is 68.2 Å². The Hall–Kier alpha value is -2.65. The summed E-state index contributed by atoms with van der Waals surface area (Å²) in [5.41, 5.74) is 1.05. The molecule has 3 amide bonds. The van der Waals surface area contributed by atoms with Gasteiger partial charge in [-0.2, -0.15) is 0 Å². The lowest BCUT2D eigenvalue weighted by molar-refractivity contribution is -0.135. The van der Waals surface area contributed by atoms with Gasteiger partial charge in [0.15, 0.2) is 0 Å². The van der Waals surface area contributed by atoms with Gasteiger partial charge in [-0.25, -0.2) is 9.18 Å². The molecule has 0 radical (unpaired) electrons. The maximum Gasteiger partial charge on any atom is 0.317 e. The standard InChI is InChI=1S/C23H30FN3O4S/c1-3-9-25-23(29)26(11-12-30-2)15-22(28)27-10-7-21-19(8-13-32-21)20(27)16-31-18-6-4-5-17(24)14-18/h4-6,8,13-14,20H,3,7,9-12,15-16H2,1-2H3,(H,25,29)/t20-/m0/s1. The molecule has 1 aromatic carbocycles. The van der Waals surface area contributed by atoms with Gasteiger partial charge in [-0.3, -0.25) is 4.79 Å². The highest BCUT2D eigenvalue weighted by atomic mass is 32.1. The number of urea groups is 1. The van der Waals surface area contributed by atoms with Gasteiger partial charge in [0, 0.05) is 37.7 Å². The molecule has 0 unspecified atom stereocenters. The zero-order chi connectivity index (χ0) is 22.9. The van der Waals surface area contributed by atoms with Gasteiger partial charge in [-0.1, -0.05) is 13.0 Å². The minimum Gasteiger partial charge on any atom is -0.491 e. The third-order valence-electron chi connectivity index (χ3n) is 5.32. The molecule has 2 aromatic rings. The van der Waals surface area contributed by atoms with Crippen LogP contribution in [-0.2, 0) is 16.0 Å². The molecule has 7 nitrogen and oxygen atoms in total. The van der Waals surface area contributed by atoms with Crippen LogP contribution in [0.15, 0.2) is 35.7 Å². The Kier molecular flexibility index (Phi) is 8.87. The van der Waals surface area contributed by atoms with E-state index in [1.54, 1.807) is 35.5 Å². The summed E-state index contributed by atoms with van der Waals surface area (Å²) in [6.07, 6.45) is 1.57. The Morgan fingerprint density at radius 3 is 2.94 bits per heavy atom. The number of thiophene rings is 1. The molecule has 0 aliphatic carbocycles. The van der Waals surface area contributed by atoms with Crippen LogP contribution in [0.25, 0.3) is 0 Å². The first-order chi connectivity index (χ1) is 15.5. The minimum atomic E-state index is -0.373. The van der Waals surface area contributed by atoms with Crippen molar-refractivity contribution in [2.75, 3.05) is 46.5 Å². The molecule has 0 saturated carbocycles. The molecule has 1 atom stereocenters. The molecule has 0 spiro atoms. The summed E-state index contributed by atoms with van der Waals surface area (Å²) >= 11 is 1.66. The molecule has 1 aliphatic rings. The normalized spacial score (nSPS) is 15.2. The maximum absolute atomic E-state index is 13.5. The molecule has 9 heteroatoms. The molecule has 1 N–H and O–H groups in total. The van der Waals surface area contributed by atoms with Gasteiger partial charge >= 0.3 is 6.03 Å². The third-order valence-corrected chi connectivity index (χ3v) is 6.32. The van der Waals surface area contributed by atoms with E-state index in [-0.39, 0.29) is 36.9 Å². The topological polar surface area (TPSA) is 71.1 Å². The summed E-state index contributed by atoms with van der Waals surface area (Å²) < 4.78 is 24.5. The van der Waals surface area contributed by atoms with E-state index < -0.39 is 0 Å². The van der Waals surface area contributed by atoms with E-state index in [1.165, 1.54) is 21.9 Å². The summed E-state index contributed by atoms with van der Waals surface area (Å²) in [7, 11) is 1.56. The molecule has 32 heavy (non-hydrogen) atoms. The Morgan fingerprint density at radius 2 is 2.19 bits per heavy atom. The molecular weight excluding hydrogens is 433 g/mol. The Bertz CT molecular complexity index is 907. The van der Waals surface area contributed by atoms with Crippen molar-refractivity contribution >= 4 is 23.3 Å². The number of carbonyl (C=O) groups excluding carboxylic acids is 2. The predicted molar refractivity (Wildman–Crippen MR) is 122 cm³/mol. The number of rotatable bonds is 10. The molecule has 0 saturated heterocycles. The lowest BCUT2D eigenvalue weighted by atomic mass is 10.0. The van der Waals surface area contributed by atoms with Crippen molar-refractivity contribution in [3.63, 3.8) is 0 Å². The molecular formula is C23H30FN3O4S. The second-order valence-corrected chi connectivity index (χ2v) is 8.57. The van der Waals surface area contributed by atoms with E-state index in [2.05, 4.69) is 5.32 Å². The van der Waals surface area contributed by atoms with Gasteiger partial charge in [0.2, 0.25) is 5.91 Å². The van der Waals surface area contributed by atoms with E-state index >= 15 is 0 Å². The predicted octanol–water partition coefficient (Wildman–Crippen LogP) is 3.46. The van der Waals surface area contributed by atoms with Crippen molar-refractivity contribution in [2.45, 2.75) is 25.8 Å². The summed E-state index contributed by atoms with van der Waals surface area (Å²) in [5, 5.41) is 4.84. The fourth-order valence-electron chi connectivity index (χ4n) is 3.66. The summed E-state index contributed by atoms with van der Waals surface area (Å²) in [6, 6.07) is 7.40. The second-order valence-electron chi connectivity index (χ2n) is 7.57. The second kappa shape index (κ2) is 11.8. The van der Waals surface area contributed by atoms with Gasteiger partial charge in [0.25, 0.3) is 0 Å². The average Bonchev–Trinajstić information content (AvgIpc) is 3.27. The van der Waals surface area contributed by atoms with Crippen LogP contribution in [0, 0.1) is 5.82 Å². The Balaban J connectivity index is 1.73. The molecule has 174 valence electrons. The smallest absolute Gasteiger partial charge is 0.317 e. The third kappa shape index (κ3) is 6.20. The fraction of sp³-hybridized carbons (Fsp3) is 0.478. The zero-order valence-electron chi connectivity index (χ0n) is 18.5.